The van der Waals surface area contributed by atoms with Crippen LogP contribution in [0.15, 0.2) is 36.5 Å². The molecule has 0 fully saturated rings. The molecule has 2 N–H and O–H groups in total. The fourth-order valence-corrected chi connectivity index (χ4v) is 1.87. The van der Waals surface area contributed by atoms with E-state index in [4.69, 9.17) is 5.11 Å². The van der Waals surface area contributed by atoms with Crippen LogP contribution in [0, 0.1) is 0 Å². The van der Waals surface area contributed by atoms with E-state index in [0.717, 1.165) is 0 Å². The number of hydrogen-bond donors (Lipinski definition) is 2. The van der Waals surface area contributed by atoms with Gasteiger partial charge in [0, 0.05) is 19.3 Å². The van der Waals surface area contributed by atoms with Gasteiger partial charge >= 0.3 is 12.5 Å². The van der Waals surface area contributed by atoms with E-state index in [2.05, 4.69) is 10.4 Å². The lowest BCUT2D eigenvalue weighted by molar-refractivity contribution is 0.0531. The lowest BCUT2D eigenvalue weighted by Gasteiger charge is -2.09. The van der Waals surface area contributed by atoms with Crippen molar-refractivity contribution in [3.63, 3.8) is 0 Å². The van der Waals surface area contributed by atoms with E-state index in [1.54, 1.807) is 18.2 Å². The zero-order chi connectivity index (χ0) is 14.5. The van der Waals surface area contributed by atoms with Gasteiger partial charge in [-0.1, -0.05) is 18.2 Å². The van der Waals surface area contributed by atoms with Crippen LogP contribution in [0.25, 0.3) is 0 Å². The first-order chi connectivity index (χ1) is 9.59. The molecule has 1 aromatic carbocycles. The third-order valence-corrected chi connectivity index (χ3v) is 2.81. The van der Waals surface area contributed by atoms with Crippen LogP contribution in [0.2, 0.25) is 0 Å². The average Bonchev–Trinajstić information content (AvgIpc) is 2.87. The van der Waals surface area contributed by atoms with Gasteiger partial charge in [0.2, 0.25) is 0 Å². The van der Waals surface area contributed by atoms with Gasteiger partial charge in [-0.05, 0) is 17.7 Å². The van der Waals surface area contributed by atoms with Crippen molar-refractivity contribution in [2.45, 2.75) is 19.6 Å². The molecule has 0 unspecified atom stereocenters. The Bertz CT molecular complexity index is 599. The minimum atomic E-state index is -2.69. The molecule has 0 saturated heterocycles. The van der Waals surface area contributed by atoms with E-state index in [0.29, 0.717) is 15.9 Å². The Balaban J connectivity index is 2.00. The van der Waals surface area contributed by atoms with Gasteiger partial charge in [0.1, 0.15) is 0 Å². The molecule has 1 heterocycles. The van der Waals surface area contributed by atoms with Crippen molar-refractivity contribution in [3.05, 3.63) is 53.3 Å². The Hall–Kier alpha value is -2.28. The fourth-order valence-electron chi connectivity index (χ4n) is 1.87. The summed E-state index contributed by atoms with van der Waals surface area (Å²) in [7, 11) is 0. The second kappa shape index (κ2) is 6.25. The number of carboxylic acids is 1. The molecule has 0 aliphatic heterocycles. The van der Waals surface area contributed by atoms with Crippen LogP contribution in [0.3, 0.4) is 0 Å². The highest BCUT2D eigenvalue weighted by Crippen LogP contribution is 2.12. The van der Waals surface area contributed by atoms with Crippen LogP contribution in [-0.2, 0) is 13.1 Å². The number of aromatic nitrogens is 2. The number of rotatable bonds is 6. The number of halogens is 2. The maximum absolute atomic E-state index is 12.6. The SMILES string of the molecule is O=C(O)c1ccccc1CNCc1ccnn1C(F)F. The lowest BCUT2D eigenvalue weighted by Crippen LogP contribution is -2.18. The van der Waals surface area contributed by atoms with Crippen molar-refractivity contribution in [2.24, 2.45) is 0 Å². The smallest absolute Gasteiger partial charge is 0.336 e. The highest BCUT2D eigenvalue weighted by Gasteiger charge is 2.12. The summed E-state index contributed by atoms with van der Waals surface area (Å²) in [6, 6.07) is 8.04. The molecule has 0 saturated carbocycles. The summed E-state index contributed by atoms with van der Waals surface area (Å²) in [5.74, 6) is -1.01. The number of nitrogens with zero attached hydrogens (tertiary/aromatic N) is 2. The van der Waals surface area contributed by atoms with Gasteiger partial charge in [-0.25, -0.2) is 9.48 Å². The van der Waals surface area contributed by atoms with Crippen LogP contribution >= 0.6 is 0 Å². The summed E-state index contributed by atoms with van der Waals surface area (Å²) < 4.78 is 25.8. The second-order valence-corrected chi connectivity index (χ2v) is 4.11. The number of nitrogens with one attached hydrogen (secondary N) is 1. The molecule has 0 radical (unpaired) electrons. The zero-order valence-electron chi connectivity index (χ0n) is 10.5. The van der Waals surface area contributed by atoms with E-state index in [-0.39, 0.29) is 18.7 Å². The van der Waals surface area contributed by atoms with Crippen LogP contribution in [0.5, 0.6) is 0 Å². The number of aromatic carboxylic acids is 1. The molecular formula is C13H13F2N3O2. The molecule has 2 rings (SSSR count). The Morgan fingerprint density at radius 3 is 2.75 bits per heavy atom. The summed E-state index contributed by atoms with van der Waals surface area (Å²) in [5, 5.41) is 15.5. The minimum Gasteiger partial charge on any atom is -0.478 e. The maximum atomic E-state index is 12.6. The molecule has 0 bridgehead atoms. The predicted molar refractivity (Wildman–Crippen MR) is 67.4 cm³/mol. The molecule has 1 aromatic heterocycles. The van der Waals surface area contributed by atoms with Crippen LogP contribution < -0.4 is 5.32 Å². The predicted octanol–water partition coefficient (Wildman–Crippen LogP) is 2.27. The van der Waals surface area contributed by atoms with Gasteiger partial charge in [0.05, 0.1) is 11.3 Å². The fraction of sp³-hybridized carbons (Fsp3) is 0.231. The van der Waals surface area contributed by atoms with Crippen molar-refractivity contribution in [1.29, 1.82) is 0 Å². The molecule has 106 valence electrons. The van der Waals surface area contributed by atoms with Gasteiger partial charge in [0.15, 0.2) is 0 Å². The first kappa shape index (κ1) is 14.1. The van der Waals surface area contributed by atoms with Crippen molar-refractivity contribution >= 4 is 5.97 Å². The Morgan fingerprint density at radius 1 is 1.30 bits per heavy atom. The third kappa shape index (κ3) is 3.18. The summed E-state index contributed by atoms with van der Waals surface area (Å²) in [5.41, 5.74) is 1.14. The molecular weight excluding hydrogens is 268 g/mol. The van der Waals surface area contributed by atoms with Crippen LogP contribution in [-0.4, -0.2) is 20.9 Å². The largest absolute Gasteiger partial charge is 0.478 e. The normalized spacial score (nSPS) is 10.9. The molecule has 0 spiro atoms. The van der Waals surface area contributed by atoms with Gasteiger partial charge in [-0.3, -0.25) is 0 Å². The number of benzene rings is 1. The quantitative estimate of drug-likeness (QED) is 0.852. The molecule has 20 heavy (non-hydrogen) atoms. The molecule has 5 nitrogen and oxygen atoms in total. The average molecular weight is 281 g/mol. The Morgan fingerprint density at radius 2 is 2.05 bits per heavy atom. The van der Waals surface area contributed by atoms with E-state index in [9.17, 15) is 13.6 Å². The maximum Gasteiger partial charge on any atom is 0.336 e. The highest BCUT2D eigenvalue weighted by molar-refractivity contribution is 5.89. The minimum absolute atomic E-state index is 0.179. The number of alkyl halides is 2. The number of hydrogen-bond acceptors (Lipinski definition) is 3. The summed E-state index contributed by atoms with van der Waals surface area (Å²) in [4.78, 5) is 11.0. The Labute approximate surface area is 113 Å². The van der Waals surface area contributed by atoms with E-state index < -0.39 is 12.5 Å². The molecule has 0 atom stereocenters. The first-order valence-corrected chi connectivity index (χ1v) is 5.92. The van der Waals surface area contributed by atoms with E-state index in [1.165, 1.54) is 18.3 Å². The zero-order valence-corrected chi connectivity index (χ0v) is 10.5. The molecule has 0 aliphatic carbocycles. The highest BCUT2D eigenvalue weighted by atomic mass is 19.3. The van der Waals surface area contributed by atoms with Gasteiger partial charge < -0.3 is 10.4 Å². The Kier molecular flexibility index (Phi) is 4.41. The first-order valence-electron chi connectivity index (χ1n) is 5.92. The second-order valence-electron chi connectivity index (χ2n) is 4.11. The van der Waals surface area contributed by atoms with Crippen molar-refractivity contribution < 1.29 is 18.7 Å². The molecule has 7 heteroatoms. The van der Waals surface area contributed by atoms with E-state index in [1.807, 2.05) is 0 Å². The summed E-state index contributed by atoms with van der Waals surface area (Å²) >= 11 is 0. The number of carboxylic acid groups (broad SMARTS) is 1. The summed E-state index contributed by atoms with van der Waals surface area (Å²) in [6.45, 7) is -2.23. The van der Waals surface area contributed by atoms with Gasteiger partial charge in [-0.15, -0.1) is 0 Å². The van der Waals surface area contributed by atoms with E-state index >= 15 is 0 Å². The number of carbonyl (C=O) groups is 1. The van der Waals surface area contributed by atoms with Crippen LogP contribution in [0.4, 0.5) is 8.78 Å². The monoisotopic (exact) mass is 281 g/mol. The van der Waals surface area contributed by atoms with Crippen molar-refractivity contribution in [2.75, 3.05) is 0 Å². The summed E-state index contributed by atoms with van der Waals surface area (Å²) in [6.07, 6.45) is 1.30. The van der Waals surface area contributed by atoms with Crippen molar-refractivity contribution in [3.8, 4) is 0 Å². The molecule has 2 aromatic rings. The lowest BCUT2D eigenvalue weighted by atomic mass is 10.1. The van der Waals surface area contributed by atoms with Gasteiger partial charge in [0.25, 0.3) is 0 Å². The third-order valence-electron chi connectivity index (χ3n) is 2.81. The standard InChI is InChI=1S/C13H13F2N3O2/c14-13(15)18-10(5-6-17-18)8-16-7-9-3-1-2-4-11(9)12(19)20/h1-6,13,16H,7-8H2,(H,19,20). The topological polar surface area (TPSA) is 67.2 Å². The molecule has 0 aliphatic rings. The van der Waals surface area contributed by atoms with Gasteiger partial charge in [-0.2, -0.15) is 13.9 Å². The molecule has 0 amide bonds. The van der Waals surface area contributed by atoms with Crippen molar-refractivity contribution in [1.82, 2.24) is 15.1 Å². The van der Waals surface area contributed by atoms with Crippen LogP contribution in [0.1, 0.15) is 28.2 Å².